The van der Waals surface area contributed by atoms with Crippen LogP contribution >= 0.6 is 0 Å². The van der Waals surface area contributed by atoms with Crippen LogP contribution in [0, 0.1) is 5.41 Å². The van der Waals surface area contributed by atoms with E-state index in [0.29, 0.717) is 6.61 Å². The minimum absolute atomic E-state index is 0.170. The van der Waals surface area contributed by atoms with Gasteiger partial charge in [0.05, 0.1) is 6.61 Å². The van der Waals surface area contributed by atoms with E-state index >= 15 is 0 Å². The Balaban J connectivity index is 3.17. The molecule has 0 aromatic carbocycles. The van der Waals surface area contributed by atoms with Crippen molar-refractivity contribution in [1.82, 2.24) is 0 Å². The van der Waals surface area contributed by atoms with E-state index in [2.05, 4.69) is 20.8 Å². The molecule has 0 aliphatic rings. The molecule has 9 heavy (non-hydrogen) atoms. The minimum Gasteiger partial charge on any atom is -0.373 e. The highest BCUT2D eigenvalue weighted by Crippen LogP contribution is 2.11. The highest BCUT2D eigenvalue weighted by Gasteiger charge is 2.08. The number of carbonyl (C=O) groups is 1. The maximum Gasteiger partial charge on any atom is 0.145 e. The number of ether oxygens (including phenoxy) is 1. The van der Waals surface area contributed by atoms with Crippen LogP contribution in [0.1, 0.15) is 20.8 Å². The second kappa shape index (κ2) is 3.62. The molecule has 0 radical (unpaired) electrons. The van der Waals surface area contributed by atoms with Crippen molar-refractivity contribution >= 4 is 6.29 Å². The smallest absolute Gasteiger partial charge is 0.145 e. The van der Waals surface area contributed by atoms with Gasteiger partial charge in [0.2, 0.25) is 0 Å². The van der Waals surface area contributed by atoms with Crippen LogP contribution in [0.3, 0.4) is 0 Å². The topological polar surface area (TPSA) is 26.3 Å². The summed E-state index contributed by atoms with van der Waals surface area (Å²) in [5.74, 6) is 0. The minimum atomic E-state index is 0.170. The molecule has 0 aliphatic carbocycles. The second-order valence-electron chi connectivity index (χ2n) is 3.24. The van der Waals surface area contributed by atoms with E-state index in [1.54, 1.807) is 0 Å². The molecule has 0 unspecified atom stereocenters. The summed E-state index contributed by atoms with van der Waals surface area (Å²) in [5, 5.41) is 0. The van der Waals surface area contributed by atoms with E-state index in [0.717, 1.165) is 6.29 Å². The number of hydrogen-bond donors (Lipinski definition) is 0. The van der Waals surface area contributed by atoms with Gasteiger partial charge >= 0.3 is 0 Å². The third-order valence-corrected chi connectivity index (χ3v) is 0.721. The summed E-state index contributed by atoms with van der Waals surface area (Å²) < 4.78 is 4.98. The van der Waals surface area contributed by atoms with Crippen molar-refractivity contribution in [2.75, 3.05) is 13.2 Å². The molecule has 2 nitrogen and oxygen atoms in total. The summed E-state index contributed by atoms with van der Waals surface area (Å²) >= 11 is 0. The van der Waals surface area contributed by atoms with Crippen LogP contribution in [0.4, 0.5) is 0 Å². The predicted octanol–water partition coefficient (Wildman–Crippen LogP) is 1.25. The molecule has 0 amide bonds. The zero-order chi connectivity index (χ0) is 7.33. The summed E-state index contributed by atoms with van der Waals surface area (Å²) in [6.45, 7) is 7.07. The lowest BCUT2D eigenvalue weighted by molar-refractivity contribution is -0.112. The Kier molecular flexibility index (Phi) is 3.47. The molecule has 0 N–H and O–H groups in total. The van der Waals surface area contributed by atoms with Gasteiger partial charge in [-0.15, -0.1) is 0 Å². The average molecular weight is 130 g/mol. The van der Waals surface area contributed by atoms with Crippen molar-refractivity contribution in [3.63, 3.8) is 0 Å². The summed E-state index contributed by atoms with van der Waals surface area (Å²) in [5.41, 5.74) is 0.170. The van der Waals surface area contributed by atoms with Crippen LogP contribution in [0.5, 0.6) is 0 Å². The second-order valence-corrected chi connectivity index (χ2v) is 3.24. The predicted molar refractivity (Wildman–Crippen MR) is 36.3 cm³/mol. The zero-order valence-electron chi connectivity index (χ0n) is 6.31. The summed E-state index contributed by atoms with van der Waals surface area (Å²) in [6.07, 6.45) is 0.770. The molecule has 0 atom stereocenters. The fraction of sp³-hybridized carbons (Fsp3) is 0.857. The van der Waals surface area contributed by atoms with Gasteiger partial charge in [-0.05, 0) is 5.41 Å². The van der Waals surface area contributed by atoms with Gasteiger partial charge in [0.15, 0.2) is 0 Å². The van der Waals surface area contributed by atoms with Gasteiger partial charge in [-0.2, -0.15) is 0 Å². The number of carbonyl (C=O) groups excluding carboxylic acids is 1. The van der Waals surface area contributed by atoms with E-state index in [1.165, 1.54) is 0 Å². The highest BCUT2D eigenvalue weighted by atomic mass is 16.5. The molecule has 54 valence electrons. The normalized spacial score (nSPS) is 11.4. The van der Waals surface area contributed by atoms with Crippen molar-refractivity contribution in [3.8, 4) is 0 Å². The molecular formula is C7H14O2. The molecule has 2 heteroatoms. The Labute approximate surface area is 56.2 Å². The molecular weight excluding hydrogens is 116 g/mol. The van der Waals surface area contributed by atoms with Crippen molar-refractivity contribution in [3.05, 3.63) is 0 Å². The van der Waals surface area contributed by atoms with Crippen molar-refractivity contribution in [2.24, 2.45) is 5.41 Å². The third-order valence-electron chi connectivity index (χ3n) is 0.721. The van der Waals surface area contributed by atoms with E-state index in [9.17, 15) is 4.79 Å². The third kappa shape index (κ3) is 7.63. The van der Waals surface area contributed by atoms with Crippen LogP contribution in [-0.4, -0.2) is 19.5 Å². The molecule has 0 saturated carbocycles. The Morgan fingerprint density at radius 2 is 2.00 bits per heavy atom. The van der Waals surface area contributed by atoms with E-state index in [-0.39, 0.29) is 12.0 Å². The first-order valence-electron chi connectivity index (χ1n) is 3.07. The molecule has 0 fully saturated rings. The summed E-state index contributed by atoms with van der Waals surface area (Å²) in [6, 6.07) is 0. The van der Waals surface area contributed by atoms with Gasteiger partial charge in [0, 0.05) is 0 Å². The summed E-state index contributed by atoms with van der Waals surface area (Å²) in [7, 11) is 0. The molecule has 0 heterocycles. The van der Waals surface area contributed by atoms with E-state index in [1.807, 2.05) is 0 Å². The fourth-order valence-corrected chi connectivity index (χ4v) is 0.413. The first-order valence-corrected chi connectivity index (χ1v) is 3.07. The maximum atomic E-state index is 9.77. The van der Waals surface area contributed by atoms with Gasteiger partial charge < -0.3 is 9.53 Å². The van der Waals surface area contributed by atoms with Gasteiger partial charge in [0.25, 0.3) is 0 Å². The van der Waals surface area contributed by atoms with Crippen LogP contribution in [0.25, 0.3) is 0 Å². The molecule has 0 spiro atoms. The number of rotatable bonds is 3. The van der Waals surface area contributed by atoms with Gasteiger partial charge in [-0.1, -0.05) is 20.8 Å². The molecule has 0 bridgehead atoms. The number of aldehydes is 1. The molecule has 0 rings (SSSR count). The lowest BCUT2D eigenvalue weighted by Crippen LogP contribution is -2.15. The van der Waals surface area contributed by atoms with Gasteiger partial charge in [-0.25, -0.2) is 0 Å². The molecule has 0 aliphatic heterocycles. The molecule has 0 saturated heterocycles. The molecule has 0 aromatic heterocycles. The Bertz CT molecular complexity index is 81.4. The van der Waals surface area contributed by atoms with Crippen LogP contribution in [-0.2, 0) is 9.53 Å². The van der Waals surface area contributed by atoms with Crippen molar-refractivity contribution < 1.29 is 9.53 Å². The first-order chi connectivity index (χ1) is 4.06. The fourth-order valence-electron chi connectivity index (χ4n) is 0.413. The van der Waals surface area contributed by atoms with Crippen molar-refractivity contribution in [1.29, 1.82) is 0 Å². The number of hydrogen-bond acceptors (Lipinski definition) is 2. The quantitative estimate of drug-likeness (QED) is 0.424. The Morgan fingerprint density at radius 3 is 2.33 bits per heavy atom. The standard InChI is InChI=1S/C7H14O2/c1-7(2,3)6-9-5-4-8/h4H,5-6H2,1-3H3. The zero-order valence-corrected chi connectivity index (χ0v) is 6.31. The van der Waals surface area contributed by atoms with Crippen molar-refractivity contribution in [2.45, 2.75) is 20.8 Å². The maximum absolute atomic E-state index is 9.77. The van der Waals surface area contributed by atoms with E-state index in [4.69, 9.17) is 4.74 Å². The lowest BCUT2D eigenvalue weighted by atomic mass is 9.99. The SMILES string of the molecule is CC(C)(C)COCC=O. The molecule has 0 aromatic rings. The largest absolute Gasteiger partial charge is 0.373 e. The average Bonchev–Trinajstić information content (AvgIpc) is 1.63. The van der Waals surface area contributed by atoms with Gasteiger partial charge in [0.1, 0.15) is 12.9 Å². The van der Waals surface area contributed by atoms with Crippen LogP contribution < -0.4 is 0 Å². The van der Waals surface area contributed by atoms with E-state index < -0.39 is 0 Å². The van der Waals surface area contributed by atoms with Gasteiger partial charge in [-0.3, -0.25) is 0 Å². The van der Waals surface area contributed by atoms with Crippen LogP contribution in [0.15, 0.2) is 0 Å². The lowest BCUT2D eigenvalue weighted by Gasteiger charge is -2.16. The highest BCUT2D eigenvalue weighted by molar-refractivity contribution is 5.50. The Morgan fingerprint density at radius 1 is 1.44 bits per heavy atom. The Hall–Kier alpha value is -0.370. The first kappa shape index (κ1) is 8.63. The summed E-state index contributed by atoms with van der Waals surface area (Å²) in [4.78, 5) is 9.77. The van der Waals surface area contributed by atoms with Crippen LogP contribution in [0.2, 0.25) is 0 Å². The monoisotopic (exact) mass is 130 g/mol.